The molecule has 7 nitrogen and oxygen atoms in total. The normalized spacial score (nSPS) is 55.7. The number of rotatable bonds is 1. The van der Waals surface area contributed by atoms with E-state index >= 15 is 0 Å². The van der Waals surface area contributed by atoms with Crippen LogP contribution in [0.5, 0.6) is 0 Å². The highest BCUT2D eigenvalue weighted by molar-refractivity contribution is 5.81. The molecule has 4 heterocycles. The Balaban J connectivity index is 1.52. The van der Waals surface area contributed by atoms with Crippen LogP contribution in [0, 0.1) is 22.7 Å². The van der Waals surface area contributed by atoms with Gasteiger partial charge >= 0.3 is 5.97 Å². The molecule has 1 aromatic heterocycles. The van der Waals surface area contributed by atoms with Crippen molar-refractivity contribution in [3.8, 4) is 0 Å². The fourth-order valence-electron chi connectivity index (χ4n) is 7.04. The van der Waals surface area contributed by atoms with Crippen molar-refractivity contribution in [2.45, 2.75) is 56.2 Å². The van der Waals surface area contributed by atoms with Gasteiger partial charge in [-0.2, -0.15) is 0 Å². The Morgan fingerprint density at radius 1 is 1.26 bits per heavy atom. The van der Waals surface area contributed by atoms with Gasteiger partial charge in [0.25, 0.3) is 0 Å². The number of aliphatic hydroxyl groups excluding tert-OH is 1. The SMILES string of the molecule is C[C@@H]1[C@]2(O)OC[C@]3([C@H](CCC[C@]34CO4)[C@@]13C[C@@H](c1ccoc1)OC3=O)[C@H]2O. The van der Waals surface area contributed by atoms with Crippen molar-refractivity contribution in [3.05, 3.63) is 24.2 Å². The van der Waals surface area contributed by atoms with E-state index < -0.39 is 40.3 Å². The predicted octanol–water partition coefficient (Wildman–Crippen LogP) is 1.54. The molecule has 6 rings (SSSR count). The first-order chi connectivity index (χ1) is 12.9. The molecule has 8 atom stereocenters. The third-order valence-corrected chi connectivity index (χ3v) is 8.54. The number of esters is 1. The Morgan fingerprint density at radius 3 is 2.78 bits per heavy atom. The van der Waals surface area contributed by atoms with Gasteiger partial charge in [-0.15, -0.1) is 0 Å². The third-order valence-electron chi connectivity index (χ3n) is 8.54. The van der Waals surface area contributed by atoms with Crippen LogP contribution in [0.2, 0.25) is 0 Å². The summed E-state index contributed by atoms with van der Waals surface area (Å²) >= 11 is 0. The minimum Gasteiger partial charge on any atom is -0.472 e. The Hall–Kier alpha value is -1.41. The summed E-state index contributed by atoms with van der Waals surface area (Å²) in [5, 5.41) is 22.6. The van der Waals surface area contributed by atoms with Crippen LogP contribution >= 0.6 is 0 Å². The molecule has 1 aromatic rings. The fourth-order valence-corrected chi connectivity index (χ4v) is 7.04. The summed E-state index contributed by atoms with van der Waals surface area (Å²) in [5.74, 6) is -2.81. The van der Waals surface area contributed by atoms with Gasteiger partial charge in [-0.1, -0.05) is 13.3 Å². The first kappa shape index (κ1) is 16.5. The monoisotopic (exact) mass is 376 g/mol. The maximum atomic E-state index is 13.4. The number of epoxide rings is 1. The molecule has 27 heavy (non-hydrogen) atoms. The number of hydrogen-bond donors (Lipinski definition) is 2. The van der Waals surface area contributed by atoms with E-state index in [0.717, 1.165) is 24.8 Å². The standard InChI is InChI=1S/C20H24O7/c1-11-18(7-13(27-16(18)22)12-4-6-24-8-12)14-3-2-5-17(9-25-17)19(14)10-26-20(11,23)15(19)21/h4,6,8,11,13-15,21,23H,2-3,5,7,9-10H2,1H3/t11-,13-,14+,15+,17-,18+,19-,20-/m0/s1. The average molecular weight is 376 g/mol. The number of carbonyl (C=O) groups excluding carboxylic acids is 1. The molecule has 5 aliphatic rings. The van der Waals surface area contributed by atoms with Crippen molar-refractivity contribution in [1.29, 1.82) is 0 Å². The number of fused-ring (bicyclic) bond motifs is 2. The first-order valence-electron chi connectivity index (χ1n) is 9.82. The van der Waals surface area contributed by atoms with Crippen LogP contribution in [0.25, 0.3) is 0 Å². The largest absolute Gasteiger partial charge is 0.472 e. The zero-order valence-corrected chi connectivity index (χ0v) is 15.2. The van der Waals surface area contributed by atoms with Crippen molar-refractivity contribution in [3.63, 3.8) is 0 Å². The van der Waals surface area contributed by atoms with Gasteiger partial charge in [0.05, 0.1) is 36.6 Å². The zero-order chi connectivity index (χ0) is 18.7. The van der Waals surface area contributed by atoms with E-state index in [1.54, 1.807) is 18.6 Å². The highest BCUT2D eigenvalue weighted by atomic mass is 16.7. The number of aliphatic hydroxyl groups is 2. The smallest absolute Gasteiger partial charge is 0.313 e. The second-order valence-corrected chi connectivity index (χ2v) is 9.13. The predicted molar refractivity (Wildman–Crippen MR) is 89.1 cm³/mol. The molecule has 2 N–H and O–H groups in total. The van der Waals surface area contributed by atoms with Gasteiger partial charge in [0.15, 0.2) is 5.79 Å². The lowest BCUT2D eigenvalue weighted by Crippen LogP contribution is -2.71. The van der Waals surface area contributed by atoms with E-state index in [4.69, 9.17) is 18.6 Å². The van der Waals surface area contributed by atoms with Gasteiger partial charge in [0.1, 0.15) is 17.8 Å². The average Bonchev–Trinajstić information content (AvgIpc) is 3.03. The number of ether oxygens (including phenoxy) is 3. The number of hydrogen-bond acceptors (Lipinski definition) is 7. The van der Waals surface area contributed by atoms with Crippen molar-refractivity contribution < 1.29 is 33.6 Å². The van der Waals surface area contributed by atoms with Gasteiger partial charge in [0.2, 0.25) is 0 Å². The molecule has 2 aliphatic carbocycles. The maximum Gasteiger partial charge on any atom is 0.313 e. The van der Waals surface area contributed by atoms with Crippen LogP contribution in [0.1, 0.15) is 44.3 Å². The van der Waals surface area contributed by atoms with Crippen molar-refractivity contribution in [1.82, 2.24) is 0 Å². The quantitative estimate of drug-likeness (QED) is 0.566. The van der Waals surface area contributed by atoms with E-state index in [9.17, 15) is 15.0 Å². The van der Waals surface area contributed by atoms with Crippen molar-refractivity contribution in [2.75, 3.05) is 13.2 Å². The van der Waals surface area contributed by atoms with Crippen LogP contribution < -0.4 is 0 Å². The summed E-state index contributed by atoms with van der Waals surface area (Å²) in [6, 6.07) is 1.81. The van der Waals surface area contributed by atoms with Gasteiger partial charge in [-0.3, -0.25) is 4.79 Å². The molecule has 2 bridgehead atoms. The number of furan rings is 1. The van der Waals surface area contributed by atoms with Crippen LogP contribution in [0.15, 0.2) is 23.0 Å². The third kappa shape index (κ3) is 1.60. The molecule has 2 saturated carbocycles. The summed E-state index contributed by atoms with van der Waals surface area (Å²) in [6.07, 6.45) is 4.68. The lowest BCUT2D eigenvalue weighted by Gasteiger charge is -2.59. The molecule has 7 heteroatoms. The van der Waals surface area contributed by atoms with Crippen LogP contribution in [-0.4, -0.2) is 46.9 Å². The lowest BCUT2D eigenvalue weighted by atomic mass is 9.42. The molecule has 5 fully saturated rings. The Labute approximate surface area is 156 Å². The van der Waals surface area contributed by atoms with E-state index in [0.29, 0.717) is 13.0 Å². The van der Waals surface area contributed by atoms with Crippen LogP contribution in [0.4, 0.5) is 0 Å². The highest BCUT2D eigenvalue weighted by Gasteiger charge is 2.85. The second-order valence-electron chi connectivity index (χ2n) is 9.13. The summed E-state index contributed by atoms with van der Waals surface area (Å²) in [6.45, 7) is 2.57. The van der Waals surface area contributed by atoms with E-state index in [2.05, 4.69) is 0 Å². The van der Waals surface area contributed by atoms with Gasteiger partial charge < -0.3 is 28.8 Å². The summed E-state index contributed by atoms with van der Waals surface area (Å²) < 4.78 is 22.8. The molecule has 0 unspecified atom stereocenters. The number of carbonyl (C=O) groups is 1. The van der Waals surface area contributed by atoms with E-state index in [-0.39, 0.29) is 18.5 Å². The second kappa shape index (κ2) is 4.76. The Bertz CT molecular complexity index is 801. The minimum absolute atomic E-state index is 0.154. The fraction of sp³-hybridized carbons (Fsp3) is 0.750. The van der Waals surface area contributed by atoms with Crippen molar-refractivity contribution in [2.24, 2.45) is 22.7 Å². The summed E-state index contributed by atoms with van der Waals surface area (Å²) in [7, 11) is 0. The zero-order valence-electron chi connectivity index (χ0n) is 15.2. The molecule has 3 aliphatic heterocycles. The van der Waals surface area contributed by atoms with Gasteiger partial charge in [-0.05, 0) is 24.8 Å². The molecule has 3 spiro atoms. The molecule has 3 saturated heterocycles. The lowest BCUT2D eigenvalue weighted by molar-refractivity contribution is -0.298. The van der Waals surface area contributed by atoms with Gasteiger partial charge in [0, 0.05) is 17.9 Å². The molecule has 0 radical (unpaired) electrons. The van der Waals surface area contributed by atoms with Crippen LogP contribution in [0.3, 0.4) is 0 Å². The molecule has 0 aromatic carbocycles. The van der Waals surface area contributed by atoms with Crippen molar-refractivity contribution >= 4 is 5.97 Å². The minimum atomic E-state index is -1.77. The summed E-state index contributed by atoms with van der Waals surface area (Å²) in [4.78, 5) is 13.4. The maximum absolute atomic E-state index is 13.4. The molecular formula is C20H24O7. The topological polar surface area (TPSA) is 102 Å². The van der Waals surface area contributed by atoms with E-state index in [1.165, 1.54) is 0 Å². The van der Waals surface area contributed by atoms with Crippen LogP contribution in [-0.2, 0) is 19.0 Å². The highest BCUT2D eigenvalue weighted by Crippen LogP contribution is 2.75. The Morgan fingerprint density at radius 2 is 2.07 bits per heavy atom. The first-order valence-corrected chi connectivity index (χ1v) is 9.82. The molecule has 146 valence electrons. The number of cyclic esters (lactones) is 1. The summed E-state index contributed by atoms with van der Waals surface area (Å²) in [5.41, 5.74) is -1.36. The Kier molecular flexibility index (Phi) is 2.92. The molecule has 0 amide bonds. The van der Waals surface area contributed by atoms with Gasteiger partial charge in [-0.25, -0.2) is 0 Å². The molecular weight excluding hydrogens is 352 g/mol. The van der Waals surface area contributed by atoms with E-state index in [1.807, 2.05) is 6.92 Å².